The summed E-state index contributed by atoms with van der Waals surface area (Å²) in [6, 6.07) is 5.67. The van der Waals surface area contributed by atoms with Crippen molar-refractivity contribution in [3.63, 3.8) is 0 Å². The minimum atomic E-state index is -4.43. The van der Waals surface area contributed by atoms with E-state index in [1.165, 1.54) is 6.07 Å². The molecule has 0 spiro atoms. The first kappa shape index (κ1) is 13.4. The van der Waals surface area contributed by atoms with Gasteiger partial charge in [0.2, 0.25) is 0 Å². The Hall–Kier alpha value is -2.05. The molecule has 0 bridgehead atoms. The van der Waals surface area contributed by atoms with Gasteiger partial charge in [-0.2, -0.15) is 18.3 Å². The van der Waals surface area contributed by atoms with Crippen LogP contribution in [0.4, 0.5) is 19.0 Å². The van der Waals surface area contributed by atoms with Crippen LogP contribution in [0.2, 0.25) is 0 Å². The fourth-order valence-electron chi connectivity index (χ4n) is 1.67. The van der Waals surface area contributed by atoms with E-state index in [1.54, 1.807) is 35.9 Å². The third kappa shape index (κ3) is 3.04. The highest BCUT2D eigenvalue weighted by Gasteiger charge is 2.32. The minimum absolute atomic E-state index is 0.274. The van der Waals surface area contributed by atoms with Crippen molar-refractivity contribution in [1.29, 1.82) is 0 Å². The number of aromatic nitrogens is 3. The summed E-state index contributed by atoms with van der Waals surface area (Å²) in [6.07, 6.45) is -2.79. The van der Waals surface area contributed by atoms with E-state index >= 15 is 0 Å². The smallest absolute Gasteiger partial charge is 0.354 e. The van der Waals surface area contributed by atoms with Gasteiger partial charge in [-0.3, -0.25) is 4.68 Å². The SMILES string of the molecule is CN(Cc1ccnn1C)c1cccc(C(F)(F)F)n1. The average molecular weight is 270 g/mol. The first-order valence-electron chi connectivity index (χ1n) is 5.60. The molecule has 0 unspecified atom stereocenters. The standard InChI is InChI=1S/C12H13F3N4/c1-18(8-9-6-7-16-19(9)2)11-5-3-4-10(17-11)12(13,14)15/h3-7H,8H2,1-2H3. The Morgan fingerprint density at radius 2 is 2.00 bits per heavy atom. The van der Waals surface area contributed by atoms with E-state index in [2.05, 4.69) is 10.1 Å². The Morgan fingerprint density at radius 3 is 2.58 bits per heavy atom. The van der Waals surface area contributed by atoms with E-state index in [4.69, 9.17) is 0 Å². The van der Waals surface area contributed by atoms with E-state index in [9.17, 15) is 13.2 Å². The summed E-state index contributed by atoms with van der Waals surface area (Å²) in [6.45, 7) is 0.435. The Kier molecular flexibility index (Phi) is 3.46. The number of hydrogen-bond donors (Lipinski definition) is 0. The van der Waals surface area contributed by atoms with Crippen molar-refractivity contribution in [3.8, 4) is 0 Å². The molecule has 0 N–H and O–H groups in total. The number of anilines is 1. The lowest BCUT2D eigenvalue weighted by molar-refractivity contribution is -0.141. The second kappa shape index (κ2) is 4.91. The van der Waals surface area contributed by atoms with E-state index in [0.717, 1.165) is 11.8 Å². The van der Waals surface area contributed by atoms with Crippen molar-refractivity contribution in [2.75, 3.05) is 11.9 Å². The predicted molar refractivity (Wildman–Crippen MR) is 64.6 cm³/mol. The molecule has 4 nitrogen and oxygen atoms in total. The topological polar surface area (TPSA) is 34.0 Å². The molecular formula is C12H13F3N4. The fourth-order valence-corrected chi connectivity index (χ4v) is 1.67. The number of rotatable bonds is 3. The van der Waals surface area contributed by atoms with Gasteiger partial charge in [-0.05, 0) is 18.2 Å². The van der Waals surface area contributed by atoms with Crippen molar-refractivity contribution in [1.82, 2.24) is 14.8 Å². The summed E-state index contributed by atoms with van der Waals surface area (Å²) < 4.78 is 39.4. The number of halogens is 3. The Labute approximate surface area is 108 Å². The first-order valence-corrected chi connectivity index (χ1v) is 5.60. The van der Waals surface area contributed by atoms with Gasteiger partial charge in [-0.1, -0.05) is 6.07 Å². The second-order valence-corrected chi connectivity index (χ2v) is 4.18. The summed E-state index contributed by atoms with van der Waals surface area (Å²) in [7, 11) is 3.47. The summed E-state index contributed by atoms with van der Waals surface area (Å²) in [5, 5.41) is 4.01. The largest absolute Gasteiger partial charge is 0.433 e. The number of alkyl halides is 3. The maximum Gasteiger partial charge on any atom is 0.433 e. The van der Waals surface area contributed by atoms with Crippen LogP contribution in [0.5, 0.6) is 0 Å². The van der Waals surface area contributed by atoms with Gasteiger partial charge < -0.3 is 4.90 Å². The normalized spacial score (nSPS) is 11.6. The molecule has 19 heavy (non-hydrogen) atoms. The molecule has 2 heterocycles. The lowest BCUT2D eigenvalue weighted by atomic mass is 10.3. The van der Waals surface area contributed by atoms with Gasteiger partial charge in [0.25, 0.3) is 0 Å². The number of pyridine rings is 1. The van der Waals surface area contributed by atoms with Gasteiger partial charge in [0.05, 0.1) is 12.2 Å². The molecule has 7 heteroatoms. The van der Waals surface area contributed by atoms with E-state index in [1.807, 2.05) is 6.07 Å². The average Bonchev–Trinajstić information content (AvgIpc) is 2.74. The lowest BCUT2D eigenvalue weighted by Crippen LogP contribution is -2.21. The molecule has 102 valence electrons. The quantitative estimate of drug-likeness (QED) is 0.859. The zero-order chi connectivity index (χ0) is 14.0. The van der Waals surface area contributed by atoms with Gasteiger partial charge >= 0.3 is 6.18 Å². The van der Waals surface area contributed by atoms with Crippen LogP contribution in [0, 0.1) is 0 Å². The zero-order valence-electron chi connectivity index (χ0n) is 10.5. The summed E-state index contributed by atoms with van der Waals surface area (Å²) in [5.74, 6) is 0.274. The van der Waals surface area contributed by atoms with Gasteiger partial charge in [0.1, 0.15) is 11.5 Å². The molecule has 0 aliphatic carbocycles. The van der Waals surface area contributed by atoms with Crippen molar-refractivity contribution in [2.24, 2.45) is 7.05 Å². The van der Waals surface area contributed by atoms with Crippen LogP contribution in [-0.2, 0) is 19.8 Å². The number of aryl methyl sites for hydroxylation is 1. The molecule has 0 radical (unpaired) electrons. The van der Waals surface area contributed by atoms with Crippen LogP contribution in [0.1, 0.15) is 11.4 Å². The molecule has 0 saturated heterocycles. The van der Waals surface area contributed by atoms with Crippen molar-refractivity contribution < 1.29 is 13.2 Å². The highest BCUT2D eigenvalue weighted by Crippen LogP contribution is 2.28. The summed E-state index contributed by atoms with van der Waals surface area (Å²) in [4.78, 5) is 5.27. The zero-order valence-corrected chi connectivity index (χ0v) is 10.5. The second-order valence-electron chi connectivity index (χ2n) is 4.18. The lowest BCUT2D eigenvalue weighted by Gasteiger charge is -2.19. The highest BCUT2D eigenvalue weighted by molar-refractivity contribution is 5.39. The van der Waals surface area contributed by atoms with Crippen LogP contribution >= 0.6 is 0 Å². The molecule has 2 aromatic rings. The van der Waals surface area contributed by atoms with Crippen LogP contribution in [0.15, 0.2) is 30.5 Å². The van der Waals surface area contributed by atoms with E-state index in [0.29, 0.717) is 6.54 Å². The van der Waals surface area contributed by atoms with Gasteiger partial charge in [-0.15, -0.1) is 0 Å². The van der Waals surface area contributed by atoms with Crippen LogP contribution in [0.25, 0.3) is 0 Å². The van der Waals surface area contributed by atoms with Crippen LogP contribution < -0.4 is 4.90 Å². The molecule has 0 atom stereocenters. The molecule has 0 aliphatic rings. The number of hydrogen-bond acceptors (Lipinski definition) is 3. The molecular weight excluding hydrogens is 257 g/mol. The molecule has 0 amide bonds. The maximum absolute atomic E-state index is 12.6. The van der Waals surface area contributed by atoms with Crippen LogP contribution in [-0.4, -0.2) is 21.8 Å². The molecule has 0 fully saturated rings. The Balaban J connectivity index is 2.20. The molecule has 2 rings (SSSR count). The van der Waals surface area contributed by atoms with Crippen molar-refractivity contribution >= 4 is 5.82 Å². The van der Waals surface area contributed by atoms with Gasteiger partial charge in [-0.25, -0.2) is 4.98 Å². The molecule has 0 aliphatic heterocycles. The first-order chi connectivity index (χ1) is 8.88. The fraction of sp³-hybridized carbons (Fsp3) is 0.333. The number of nitrogens with zero attached hydrogens (tertiary/aromatic N) is 4. The molecule has 0 aromatic carbocycles. The molecule has 2 aromatic heterocycles. The summed E-state index contributed by atoms with van der Waals surface area (Å²) >= 11 is 0. The Morgan fingerprint density at radius 1 is 1.26 bits per heavy atom. The predicted octanol–water partition coefficient (Wildman–Crippen LogP) is 2.47. The van der Waals surface area contributed by atoms with E-state index in [-0.39, 0.29) is 5.82 Å². The molecule has 0 saturated carbocycles. The van der Waals surface area contributed by atoms with E-state index < -0.39 is 11.9 Å². The minimum Gasteiger partial charge on any atom is -0.354 e. The maximum atomic E-state index is 12.6. The third-order valence-corrected chi connectivity index (χ3v) is 2.74. The highest BCUT2D eigenvalue weighted by atomic mass is 19.4. The van der Waals surface area contributed by atoms with Gasteiger partial charge in [0.15, 0.2) is 0 Å². The monoisotopic (exact) mass is 270 g/mol. The van der Waals surface area contributed by atoms with Gasteiger partial charge in [0, 0.05) is 20.3 Å². The summed E-state index contributed by atoms with van der Waals surface area (Å²) in [5.41, 5.74) is 0.00330. The Bertz CT molecular complexity index is 562. The van der Waals surface area contributed by atoms with Crippen molar-refractivity contribution in [2.45, 2.75) is 12.7 Å². The third-order valence-electron chi connectivity index (χ3n) is 2.74. The van der Waals surface area contributed by atoms with Crippen molar-refractivity contribution in [3.05, 3.63) is 41.9 Å². The van der Waals surface area contributed by atoms with Crippen LogP contribution in [0.3, 0.4) is 0 Å².